The number of carboxylic acid groups (broad SMARTS) is 1. The molecule has 6 aromatic rings. The number of rotatable bonds is 8. The number of aromatic nitrogens is 3. The molecule has 0 amide bonds. The zero-order valence-electron chi connectivity index (χ0n) is 21.5. The first kappa shape index (κ1) is 25.8. The van der Waals surface area contributed by atoms with E-state index in [0.717, 1.165) is 45.3 Å². The van der Waals surface area contributed by atoms with Gasteiger partial charge < -0.3 is 14.7 Å². The van der Waals surface area contributed by atoms with Crippen molar-refractivity contribution >= 4 is 40.5 Å². The highest BCUT2D eigenvalue weighted by atomic mass is 32.2. The number of H-pyrrole nitrogens is 1. The van der Waals surface area contributed by atoms with Crippen LogP contribution in [0.1, 0.15) is 5.56 Å². The Morgan fingerprint density at radius 1 is 0.878 bits per heavy atom. The molecule has 4 aromatic carbocycles. The summed E-state index contributed by atoms with van der Waals surface area (Å²) in [6.07, 6.45) is 1.65. The van der Waals surface area contributed by atoms with E-state index in [1.807, 2.05) is 95.6 Å². The summed E-state index contributed by atoms with van der Waals surface area (Å²) < 4.78 is 2.01. The highest BCUT2D eigenvalue weighted by molar-refractivity contribution is 8.04. The monoisotopic (exact) mass is 558 g/mol. The normalized spacial score (nSPS) is 11.6. The van der Waals surface area contributed by atoms with Crippen molar-refractivity contribution < 1.29 is 14.8 Å². The summed E-state index contributed by atoms with van der Waals surface area (Å²) in [5.74, 6) is -1.08. The van der Waals surface area contributed by atoms with E-state index in [-0.39, 0.29) is 10.6 Å². The van der Waals surface area contributed by atoms with Gasteiger partial charge in [-0.15, -0.1) is 0 Å². The Hall–Kier alpha value is -5.41. The van der Waals surface area contributed by atoms with Crippen LogP contribution in [-0.4, -0.2) is 30.5 Å². The molecule has 0 spiro atoms. The fourth-order valence-corrected chi connectivity index (χ4v) is 5.49. The van der Waals surface area contributed by atoms with Gasteiger partial charge in [0.2, 0.25) is 0 Å². The number of fused-ring (bicyclic) bond motifs is 1. The van der Waals surface area contributed by atoms with E-state index in [1.165, 1.54) is 12.1 Å². The summed E-state index contributed by atoms with van der Waals surface area (Å²) in [7, 11) is 0. The summed E-state index contributed by atoms with van der Waals surface area (Å²) in [4.78, 5) is 31.2. The summed E-state index contributed by atoms with van der Waals surface area (Å²) in [5.41, 5.74) is 6.26. The van der Waals surface area contributed by atoms with Crippen molar-refractivity contribution in [1.29, 1.82) is 0 Å². The first-order valence-electron chi connectivity index (χ1n) is 12.7. The van der Waals surface area contributed by atoms with E-state index < -0.39 is 10.9 Å². The molecule has 0 saturated heterocycles. The van der Waals surface area contributed by atoms with Crippen LogP contribution < -0.4 is 0 Å². The number of aliphatic carboxylic acids is 1. The second-order valence-electron chi connectivity index (χ2n) is 9.15. The molecule has 0 fully saturated rings. The van der Waals surface area contributed by atoms with E-state index in [4.69, 9.17) is 0 Å². The first-order chi connectivity index (χ1) is 20.0. The van der Waals surface area contributed by atoms with Crippen LogP contribution in [0.2, 0.25) is 0 Å². The minimum atomic E-state index is -1.08. The molecule has 6 rings (SSSR count). The Bertz CT molecular complexity index is 1880. The number of nitrogens with zero attached hydrogens (tertiary/aromatic N) is 3. The minimum absolute atomic E-state index is 0.0149. The number of hydrogen-bond acceptors (Lipinski definition) is 5. The van der Waals surface area contributed by atoms with Gasteiger partial charge in [-0.2, -0.15) is 0 Å². The van der Waals surface area contributed by atoms with E-state index in [1.54, 1.807) is 18.2 Å². The van der Waals surface area contributed by atoms with Crippen molar-refractivity contribution in [3.8, 4) is 28.2 Å². The molecular formula is C32H22N4O4S. The molecule has 0 radical (unpaired) electrons. The molecule has 0 aliphatic rings. The standard InChI is InChI=1S/C32H22N4O4S/c37-31(38)29(41-32-33-26-13-7-8-14-27(26)34-32)20-23-19-28(21-9-3-1-4-10-21)35(30(23)22-11-5-2-6-12-22)24-15-17-25(18-16-24)36(39)40/h1-20H,(H,33,34)(H,37,38)/b29-20-. The third-order valence-corrected chi connectivity index (χ3v) is 7.44. The van der Waals surface area contributed by atoms with E-state index >= 15 is 0 Å². The molecule has 8 nitrogen and oxygen atoms in total. The Kier molecular flexibility index (Phi) is 6.93. The van der Waals surface area contributed by atoms with Crippen molar-refractivity contribution in [3.05, 3.63) is 136 Å². The maximum atomic E-state index is 12.5. The number of nitro groups is 1. The van der Waals surface area contributed by atoms with Crippen LogP contribution in [0.3, 0.4) is 0 Å². The molecule has 0 atom stereocenters. The number of imidazole rings is 1. The number of carboxylic acids is 1. The quantitative estimate of drug-likeness (QED) is 0.0852. The van der Waals surface area contributed by atoms with Gasteiger partial charge in [0, 0.05) is 23.4 Å². The number of hydrogen-bond donors (Lipinski definition) is 2. The van der Waals surface area contributed by atoms with Crippen LogP contribution in [0.15, 0.2) is 125 Å². The number of non-ortho nitro benzene ring substituents is 1. The number of para-hydroxylation sites is 2. The maximum Gasteiger partial charge on any atom is 0.342 e. The highest BCUT2D eigenvalue weighted by Crippen LogP contribution is 2.39. The summed E-state index contributed by atoms with van der Waals surface area (Å²) in [6, 6.07) is 35.2. The third-order valence-electron chi connectivity index (χ3n) is 6.54. The lowest BCUT2D eigenvalue weighted by atomic mass is 10.1. The Labute approximate surface area is 238 Å². The summed E-state index contributed by atoms with van der Waals surface area (Å²) in [5, 5.41) is 22.0. The molecule has 2 N–H and O–H groups in total. The largest absolute Gasteiger partial charge is 0.477 e. The fraction of sp³-hybridized carbons (Fsp3) is 0. The van der Waals surface area contributed by atoms with Crippen molar-refractivity contribution in [2.24, 2.45) is 0 Å². The highest BCUT2D eigenvalue weighted by Gasteiger charge is 2.21. The lowest BCUT2D eigenvalue weighted by Crippen LogP contribution is -2.01. The van der Waals surface area contributed by atoms with Crippen molar-refractivity contribution in [2.75, 3.05) is 0 Å². The van der Waals surface area contributed by atoms with Gasteiger partial charge in [0.05, 0.1) is 27.3 Å². The smallest absolute Gasteiger partial charge is 0.342 e. The second-order valence-corrected chi connectivity index (χ2v) is 10.2. The van der Waals surface area contributed by atoms with Crippen LogP contribution in [0, 0.1) is 10.1 Å². The van der Waals surface area contributed by atoms with Gasteiger partial charge in [0.1, 0.15) is 4.91 Å². The lowest BCUT2D eigenvalue weighted by molar-refractivity contribution is -0.384. The van der Waals surface area contributed by atoms with Crippen LogP contribution in [0.4, 0.5) is 5.69 Å². The number of thioether (sulfide) groups is 1. The number of carbonyl (C=O) groups is 1. The first-order valence-corrected chi connectivity index (χ1v) is 13.5. The van der Waals surface area contributed by atoms with Gasteiger partial charge in [0.25, 0.3) is 5.69 Å². The molecule has 0 saturated carbocycles. The Morgan fingerprint density at radius 3 is 2.15 bits per heavy atom. The van der Waals surface area contributed by atoms with Crippen LogP contribution in [-0.2, 0) is 4.79 Å². The molecule has 0 aliphatic heterocycles. The van der Waals surface area contributed by atoms with Gasteiger partial charge >= 0.3 is 5.97 Å². The average Bonchev–Trinajstić information content (AvgIpc) is 3.59. The number of nitro benzene ring substituents is 1. The van der Waals surface area contributed by atoms with E-state index in [9.17, 15) is 20.0 Å². The van der Waals surface area contributed by atoms with Crippen molar-refractivity contribution in [1.82, 2.24) is 14.5 Å². The predicted molar refractivity (Wildman–Crippen MR) is 161 cm³/mol. The van der Waals surface area contributed by atoms with Gasteiger partial charge in [-0.3, -0.25) is 10.1 Å². The molecule has 0 aliphatic carbocycles. The zero-order valence-corrected chi connectivity index (χ0v) is 22.3. The average molecular weight is 559 g/mol. The van der Waals surface area contributed by atoms with Crippen molar-refractivity contribution in [2.45, 2.75) is 5.16 Å². The molecule has 41 heavy (non-hydrogen) atoms. The third kappa shape index (κ3) is 5.26. The lowest BCUT2D eigenvalue weighted by Gasteiger charge is -2.15. The van der Waals surface area contributed by atoms with E-state index in [0.29, 0.717) is 16.4 Å². The number of benzene rings is 4. The Morgan fingerprint density at radius 2 is 1.51 bits per heavy atom. The molecule has 2 heterocycles. The minimum Gasteiger partial charge on any atom is -0.477 e. The number of aromatic amines is 1. The van der Waals surface area contributed by atoms with Crippen molar-refractivity contribution in [3.63, 3.8) is 0 Å². The molecule has 0 unspecified atom stereocenters. The molecule has 0 bridgehead atoms. The molecule has 2 aromatic heterocycles. The Balaban J connectivity index is 1.57. The topological polar surface area (TPSA) is 114 Å². The van der Waals surface area contributed by atoms with E-state index in [2.05, 4.69) is 9.97 Å². The molecule has 9 heteroatoms. The number of nitrogens with one attached hydrogen (secondary N) is 1. The predicted octanol–water partition coefficient (Wildman–Crippen LogP) is 7.81. The zero-order chi connectivity index (χ0) is 28.3. The summed E-state index contributed by atoms with van der Waals surface area (Å²) >= 11 is 1.04. The SMILES string of the molecule is O=C(O)/C(=C/c1cc(-c2ccccc2)n(-c2ccc([N+](=O)[O-])cc2)c1-c1ccccc1)Sc1nc2ccccc2[nH]1. The van der Waals surface area contributed by atoms with Gasteiger partial charge in [-0.1, -0.05) is 72.8 Å². The molecular weight excluding hydrogens is 536 g/mol. The fourth-order valence-electron chi connectivity index (χ4n) is 4.70. The van der Waals surface area contributed by atoms with Gasteiger partial charge in [-0.05, 0) is 59.3 Å². The van der Waals surface area contributed by atoms with Gasteiger partial charge in [-0.25, -0.2) is 9.78 Å². The maximum absolute atomic E-state index is 12.5. The molecule has 200 valence electrons. The van der Waals surface area contributed by atoms with Crippen LogP contribution in [0.25, 0.3) is 45.3 Å². The van der Waals surface area contributed by atoms with Gasteiger partial charge in [0.15, 0.2) is 5.16 Å². The summed E-state index contributed by atoms with van der Waals surface area (Å²) in [6.45, 7) is 0. The van der Waals surface area contributed by atoms with Crippen LogP contribution in [0.5, 0.6) is 0 Å². The second kappa shape index (κ2) is 11.0. The van der Waals surface area contributed by atoms with Crippen LogP contribution >= 0.6 is 11.8 Å².